The fourth-order valence-electron chi connectivity index (χ4n) is 19.1. The van der Waals surface area contributed by atoms with Crippen LogP contribution in [-0.2, 0) is 61.6 Å². The van der Waals surface area contributed by atoms with E-state index < -0.39 is 262 Å². The van der Waals surface area contributed by atoms with Crippen molar-refractivity contribution in [2.45, 2.75) is 304 Å². The number of fused-ring (bicyclic) bond motifs is 7. The Morgan fingerprint density at radius 2 is 1.00 bits per heavy atom. The zero-order valence-corrected chi connectivity index (χ0v) is 55.0. The Morgan fingerprint density at radius 1 is 0.484 bits per heavy atom. The SMILES string of the molecule is C[C@@H]1O[C@@H](O[C@@H]2[C@@H](O)[C@H](O[C@@H]3[C@@H](O[C@@H]4O[C@@H](C)[C@H](O)[C@@H](O)[C@H]4O)[C@@H](O)[C@H](O[C@H]4[C@H](OC(=O)[C@]56CCC(C)(C)C[C@H]5C5=CC[C@@H]7[C@@]8(C)C[C@H](O)[C@H](O[C@@H]9O[C@H](CO)[C@@H](O)[C@H](O)[C@H]9O)[C@@](C)(CO)[C@@H]8[C@H](O)C[C@@]7(C)[C@]5(C)CC6)OC[C@H](O)[C@@H]4O)O[C@H]3C)OC[C@H]2O)[C@H](O)[C@H](O)[C@H]1O. The molecule has 10 fully saturated rings. The maximum atomic E-state index is 15.7. The van der Waals surface area contributed by atoms with E-state index in [1.54, 1.807) is 6.92 Å². The van der Waals surface area contributed by atoms with E-state index in [4.69, 9.17) is 56.8 Å². The van der Waals surface area contributed by atoms with Crippen molar-refractivity contribution < 1.29 is 154 Å². The summed E-state index contributed by atoms with van der Waals surface area (Å²) in [5, 5.41) is 201. The fourth-order valence-corrected chi connectivity index (χ4v) is 19.1. The number of rotatable bonds is 14. The lowest BCUT2D eigenvalue weighted by Crippen LogP contribution is -2.72. The van der Waals surface area contributed by atoms with Crippen molar-refractivity contribution in [2.24, 2.45) is 50.2 Å². The molecule has 546 valence electrons. The fraction of sp³-hybridized carbons (Fsp3) is 0.953. The molecule has 11 rings (SSSR count). The number of hydrogen-bond acceptors (Lipinski definition) is 31. The lowest BCUT2D eigenvalue weighted by molar-refractivity contribution is -0.395. The summed E-state index contributed by atoms with van der Waals surface area (Å²) in [5.41, 5.74) is -4.17. The van der Waals surface area contributed by atoms with E-state index in [-0.39, 0.29) is 30.6 Å². The molecule has 0 radical (unpaired) electrons. The molecule has 0 aromatic carbocycles. The van der Waals surface area contributed by atoms with Crippen LogP contribution in [0.15, 0.2) is 11.6 Å². The first-order chi connectivity index (χ1) is 44.4. The Labute approximate surface area is 550 Å². The molecule has 0 unspecified atom stereocenters. The van der Waals surface area contributed by atoms with Gasteiger partial charge in [0.15, 0.2) is 37.6 Å². The van der Waals surface area contributed by atoms with Gasteiger partial charge in [0.05, 0.1) is 68.5 Å². The average molecular weight is 1370 g/mol. The molecule has 6 saturated heterocycles. The zero-order chi connectivity index (χ0) is 69.5. The highest BCUT2D eigenvalue weighted by molar-refractivity contribution is 5.79. The highest BCUT2D eigenvalue weighted by atomic mass is 16.8. The van der Waals surface area contributed by atoms with Crippen molar-refractivity contribution in [1.82, 2.24) is 0 Å². The summed E-state index contributed by atoms with van der Waals surface area (Å²) >= 11 is 0. The monoisotopic (exact) mass is 1370 g/mol. The second kappa shape index (κ2) is 27.3. The molecule has 4 saturated carbocycles. The van der Waals surface area contributed by atoms with Crippen LogP contribution in [0.5, 0.6) is 0 Å². The standard InChI is InChI=1S/C64H104O31/c1-23-34(71)38(75)41(78)53(86-23)91-47-31(70)21-84-52(44(47)81)90-46-25(3)88-56(45(82)48(46)92-54-42(79)39(76)35(72)24(2)87-54)93-49-36(73)30(69)20-85-57(49)95-58(83)64-14-12-59(4,5)16-27(64)26-10-11-33-60(6)17-29(68)51(94-55-43(80)40(77)37(74)32(19-65)89-55)61(7,22-66)50(60)28(67)18-63(33,9)62(26,8)13-15-64/h10,23-25,27-57,65-82H,11-22H2,1-9H3/t23-,24-,25-,27-,28+,29-,30-,31+,32+,33+,34-,35-,36-,37+,38+,39+,40-,41+,42+,43+,44+,45+,46-,47-,48-,49+,50+,51-,52-,53-,54-,55-,56-,57-,60+,61-,62+,63+,64-/m0/s1. The Hall–Kier alpha value is -1.95. The molecule has 0 amide bonds. The van der Waals surface area contributed by atoms with Crippen molar-refractivity contribution in [3.8, 4) is 0 Å². The third-order valence-electron chi connectivity index (χ3n) is 24.7. The topological polar surface area (TPSA) is 492 Å². The van der Waals surface area contributed by atoms with Crippen LogP contribution >= 0.6 is 0 Å². The lowest BCUT2D eigenvalue weighted by Gasteiger charge is -2.72. The smallest absolute Gasteiger partial charge is 0.315 e. The van der Waals surface area contributed by atoms with Crippen LogP contribution in [0.3, 0.4) is 0 Å². The minimum atomic E-state index is -2.08. The molecule has 0 bridgehead atoms. The molecule has 95 heavy (non-hydrogen) atoms. The third kappa shape index (κ3) is 12.5. The van der Waals surface area contributed by atoms with Crippen molar-refractivity contribution in [3.63, 3.8) is 0 Å². The molecule has 11 aliphatic rings. The summed E-state index contributed by atoms with van der Waals surface area (Å²) < 4.78 is 72.4. The molecule has 6 aliphatic heterocycles. The van der Waals surface area contributed by atoms with Gasteiger partial charge in [-0.2, -0.15) is 0 Å². The van der Waals surface area contributed by atoms with E-state index in [1.807, 2.05) is 6.92 Å². The maximum Gasteiger partial charge on any atom is 0.315 e. The van der Waals surface area contributed by atoms with E-state index >= 15 is 4.79 Å². The van der Waals surface area contributed by atoms with Gasteiger partial charge in [-0.1, -0.05) is 53.2 Å². The van der Waals surface area contributed by atoms with Gasteiger partial charge in [-0.3, -0.25) is 4.79 Å². The number of hydrogen-bond donors (Lipinski definition) is 18. The highest BCUT2D eigenvalue weighted by Crippen LogP contribution is 2.76. The maximum absolute atomic E-state index is 15.7. The Bertz CT molecular complexity index is 2700. The molecule has 18 N–H and O–H groups in total. The van der Waals surface area contributed by atoms with Gasteiger partial charge in [0.1, 0.15) is 110 Å². The summed E-state index contributed by atoms with van der Waals surface area (Å²) in [7, 11) is 0. The van der Waals surface area contributed by atoms with Crippen LogP contribution in [0.1, 0.15) is 114 Å². The van der Waals surface area contributed by atoms with Gasteiger partial charge in [-0.15, -0.1) is 0 Å². The number of aliphatic hydroxyl groups excluding tert-OH is 18. The largest absolute Gasteiger partial charge is 0.432 e. The Balaban J connectivity index is 0.843. The summed E-state index contributed by atoms with van der Waals surface area (Å²) in [6, 6.07) is 0. The first-order valence-corrected chi connectivity index (χ1v) is 33.6. The number of carbonyl (C=O) groups excluding carboxylic acids is 1. The molecular weight excluding hydrogens is 1260 g/mol. The lowest BCUT2D eigenvalue weighted by atomic mass is 9.33. The zero-order valence-electron chi connectivity index (χ0n) is 55.0. The number of carbonyl (C=O) groups is 1. The Morgan fingerprint density at radius 3 is 1.61 bits per heavy atom. The van der Waals surface area contributed by atoms with Crippen molar-refractivity contribution >= 4 is 5.97 Å². The van der Waals surface area contributed by atoms with Crippen LogP contribution in [0.4, 0.5) is 0 Å². The number of allylic oxidation sites excluding steroid dienone is 2. The minimum Gasteiger partial charge on any atom is -0.432 e. The normalized spacial score (nSPS) is 56.4. The first-order valence-electron chi connectivity index (χ1n) is 33.6. The van der Waals surface area contributed by atoms with E-state index in [0.29, 0.717) is 32.1 Å². The van der Waals surface area contributed by atoms with Crippen LogP contribution in [0, 0.1) is 50.2 Å². The summed E-state index contributed by atoms with van der Waals surface area (Å²) in [6.07, 6.45) is -45.6. The van der Waals surface area contributed by atoms with Gasteiger partial charge in [-0.05, 0) is 106 Å². The second-order valence-electron chi connectivity index (χ2n) is 31.1. The second-order valence-corrected chi connectivity index (χ2v) is 31.1. The summed E-state index contributed by atoms with van der Waals surface area (Å²) in [4.78, 5) is 15.7. The molecule has 0 aromatic heterocycles. The molecule has 0 spiro atoms. The van der Waals surface area contributed by atoms with Gasteiger partial charge in [-0.25, -0.2) is 0 Å². The van der Waals surface area contributed by atoms with Gasteiger partial charge in [0.25, 0.3) is 0 Å². The predicted molar refractivity (Wildman–Crippen MR) is 316 cm³/mol. The van der Waals surface area contributed by atoms with Crippen LogP contribution < -0.4 is 0 Å². The van der Waals surface area contributed by atoms with Gasteiger partial charge < -0.3 is 149 Å². The molecule has 6 heterocycles. The molecule has 39 atom stereocenters. The molecule has 5 aliphatic carbocycles. The van der Waals surface area contributed by atoms with Crippen molar-refractivity contribution in [3.05, 3.63) is 11.6 Å². The summed E-state index contributed by atoms with van der Waals surface area (Å²) in [5.74, 6) is -2.09. The van der Waals surface area contributed by atoms with Gasteiger partial charge in [0.2, 0.25) is 6.29 Å². The predicted octanol–water partition coefficient (Wildman–Crippen LogP) is -5.11. The molecule has 0 aromatic rings. The van der Waals surface area contributed by atoms with Crippen molar-refractivity contribution in [1.29, 1.82) is 0 Å². The van der Waals surface area contributed by atoms with E-state index in [1.165, 1.54) is 20.8 Å². The van der Waals surface area contributed by atoms with Crippen LogP contribution in [0.25, 0.3) is 0 Å². The molecular formula is C64H104O31. The average Bonchev–Trinajstić information content (AvgIpc) is 0.669. The quantitative estimate of drug-likeness (QED) is 0.0439. The molecule has 31 nitrogen and oxygen atoms in total. The van der Waals surface area contributed by atoms with E-state index in [0.717, 1.165) is 5.57 Å². The van der Waals surface area contributed by atoms with Gasteiger partial charge in [0, 0.05) is 11.3 Å². The van der Waals surface area contributed by atoms with Crippen LogP contribution in [0.2, 0.25) is 0 Å². The van der Waals surface area contributed by atoms with Crippen LogP contribution in [-0.4, -0.2) is 315 Å². The Kier molecular flexibility index (Phi) is 21.4. The number of aliphatic hydroxyl groups is 18. The van der Waals surface area contributed by atoms with Crippen molar-refractivity contribution in [2.75, 3.05) is 26.4 Å². The molecule has 31 heteroatoms. The number of ether oxygens (including phenoxy) is 12. The van der Waals surface area contributed by atoms with Gasteiger partial charge >= 0.3 is 5.97 Å². The summed E-state index contributed by atoms with van der Waals surface area (Å²) in [6.45, 7) is 14.1. The minimum absolute atomic E-state index is 0.0761. The van der Waals surface area contributed by atoms with E-state index in [2.05, 4.69) is 33.8 Å². The van der Waals surface area contributed by atoms with E-state index in [9.17, 15) is 91.9 Å². The number of esters is 1. The first kappa shape index (κ1) is 74.2. The highest BCUT2D eigenvalue weighted by Gasteiger charge is 2.74. The third-order valence-corrected chi connectivity index (χ3v) is 24.7.